The van der Waals surface area contributed by atoms with Crippen molar-refractivity contribution in [2.75, 3.05) is 13.2 Å². The molecule has 8 nitrogen and oxygen atoms in total. The monoisotopic (exact) mass is 452 g/mol. The first-order valence-electron chi connectivity index (χ1n) is 12.3. The summed E-state index contributed by atoms with van der Waals surface area (Å²) in [5.41, 5.74) is 3.90. The van der Waals surface area contributed by atoms with Crippen LogP contribution in [-0.4, -0.2) is 48.3 Å². The molecule has 0 spiro atoms. The Bertz CT molecular complexity index is 1130. The molecule has 1 fully saturated rings. The van der Waals surface area contributed by atoms with Crippen LogP contribution in [-0.2, 0) is 6.54 Å². The average Bonchev–Trinajstić information content (AvgIpc) is 3.48. The lowest BCUT2D eigenvalue weighted by Gasteiger charge is -2.31. The maximum Gasteiger partial charge on any atom is 0.252 e. The van der Waals surface area contributed by atoms with Crippen molar-refractivity contribution in [3.8, 4) is 0 Å². The third-order valence-corrected chi connectivity index (χ3v) is 7.00. The van der Waals surface area contributed by atoms with Gasteiger partial charge >= 0.3 is 0 Å². The molecule has 2 aromatic heterocycles. The highest BCUT2D eigenvalue weighted by molar-refractivity contribution is 5.80. The standard InChI is InChI=1S/C25H36N6O2/c1-4-8-23(24-27-28-29-31(24)21-9-5-6-10-21)30(11-7-12-32)16-20-15-19-13-17(2)18(3)14-22(19)26-25(20)33/h13-15,21,23,32H,4-12,16H2,1-3H3,(H,26,33)/t23-/m1/s1. The number of hydrogen-bond donors (Lipinski definition) is 2. The van der Waals surface area contributed by atoms with Gasteiger partial charge in [0.15, 0.2) is 5.82 Å². The van der Waals surface area contributed by atoms with E-state index in [4.69, 9.17) is 0 Å². The number of aromatic amines is 1. The maximum atomic E-state index is 13.0. The van der Waals surface area contributed by atoms with E-state index in [0.29, 0.717) is 25.6 Å². The van der Waals surface area contributed by atoms with Crippen LogP contribution >= 0.6 is 0 Å². The number of benzene rings is 1. The molecular formula is C25H36N6O2. The molecule has 4 rings (SSSR count). The summed E-state index contributed by atoms with van der Waals surface area (Å²) in [5.74, 6) is 0.880. The molecule has 3 aromatic rings. The number of fused-ring (bicyclic) bond motifs is 1. The zero-order valence-electron chi connectivity index (χ0n) is 20.0. The van der Waals surface area contributed by atoms with Gasteiger partial charge in [0.2, 0.25) is 0 Å². The summed E-state index contributed by atoms with van der Waals surface area (Å²) in [5, 5.41) is 23.5. The molecule has 2 heterocycles. The molecule has 0 radical (unpaired) electrons. The molecule has 0 unspecified atom stereocenters. The lowest BCUT2D eigenvalue weighted by atomic mass is 10.0. The highest BCUT2D eigenvalue weighted by Gasteiger charge is 2.30. The number of nitrogens with zero attached hydrogens (tertiary/aromatic N) is 5. The fraction of sp³-hybridized carbons (Fsp3) is 0.600. The molecule has 1 aromatic carbocycles. The summed E-state index contributed by atoms with van der Waals surface area (Å²) >= 11 is 0. The Morgan fingerprint density at radius 2 is 1.97 bits per heavy atom. The predicted molar refractivity (Wildman–Crippen MR) is 129 cm³/mol. The largest absolute Gasteiger partial charge is 0.396 e. The van der Waals surface area contributed by atoms with Gasteiger partial charge in [0.1, 0.15) is 0 Å². The van der Waals surface area contributed by atoms with Gasteiger partial charge in [0.25, 0.3) is 5.56 Å². The van der Waals surface area contributed by atoms with E-state index < -0.39 is 0 Å². The number of nitrogens with one attached hydrogen (secondary N) is 1. The second kappa shape index (κ2) is 10.6. The minimum absolute atomic E-state index is 0.00741. The summed E-state index contributed by atoms with van der Waals surface area (Å²) in [6.45, 7) is 7.57. The van der Waals surface area contributed by atoms with E-state index in [1.807, 2.05) is 16.8 Å². The normalized spacial score (nSPS) is 15.7. The Labute approximate surface area is 195 Å². The number of rotatable bonds is 10. The third-order valence-electron chi connectivity index (χ3n) is 7.00. The Morgan fingerprint density at radius 1 is 1.21 bits per heavy atom. The summed E-state index contributed by atoms with van der Waals surface area (Å²) in [6, 6.07) is 6.52. The van der Waals surface area contributed by atoms with Crippen LogP contribution in [0.15, 0.2) is 23.0 Å². The fourth-order valence-electron chi connectivity index (χ4n) is 5.05. The topological polar surface area (TPSA) is 99.9 Å². The molecule has 1 aliphatic rings. The number of aromatic nitrogens is 5. The van der Waals surface area contributed by atoms with E-state index in [1.165, 1.54) is 18.4 Å². The van der Waals surface area contributed by atoms with Crippen LogP contribution in [0.3, 0.4) is 0 Å². The summed E-state index contributed by atoms with van der Waals surface area (Å²) in [6.07, 6.45) is 7.14. The molecule has 1 aliphatic carbocycles. The van der Waals surface area contributed by atoms with Crippen LogP contribution in [0, 0.1) is 13.8 Å². The smallest absolute Gasteiger partial charge is 0.252 e. The van der Waals surface area contributed by atoms with Crippen LogP contribution in [0.2, 0.25) is 0 Å². The molecule has 1 atom stereocenters. The molecule has 0 saturated heterocycles. The lowest BCUT2D eigenvalue weighted by molar-refractivity contribution is 0.145. The molecule has 8 heteroatoms. The van der Waals surface area contributed by atoms with Gasteiger partial charge in [-0.2, -0.15) is 0 Å². The zero-order chi connectivity index (χ0) is 23.4. The second-order valence-corrected chi connectivity index (χ2v) is 9.42. The van der Waals surface area contributed by atoms with Gasteiger partial charge in [-0.3, -0.25) is 9.69 Å². The Hall–Kier alpha value is -2.58. The number of pyridine rings is 1. The van der Waals surface area contributed by atoms with Gasteiger partial charge in [-0.1, -0.05) is 26.2 Å². The van der Waals surface area contributed by atoms with E-state index in [0.717, 1.165) is 53.5 Å². The van der Waals surface area contributed by atoms with Crippen molar-refractivity contribution in [2.45, 2.75) is 84.3 Å². The quantitative estimate of drug-likeness (QED) is 0.483. The van der Waals surface area contributed by atoms with Gasteiger partial charge < -0.3 is 10.1 Å². The number of H-pyrrole nitrogens is 1. The summed E-state index contributed by atoms with van der Waals surface area (Å²) in [4.78, 5) is 18.3. The highest BCUT2D eigenvalue weighted by atomic mass is 16.3. The maximum absolute atomic E-state index is 13.0. The minimum Gasteiger partial charge on any atom is -0.396 e. The first-order valence-corrected chi connectivity index (χ1v) is 12.3. The van der Waals surface area contributed by atoms with Crippen molar-refractivity contribution in [3.63, 3.8) is 0 Å². The van der Waals surface area contributed by atoms with Gasteiger partial charge in [-0.05, 0) is 84.7 Å². The van der Waals surface area contributed by atoms with Crippen LogP contribution in [0.1, 0.15) is 86.5 Å². The number of aryl methyl sites for hydroxylation is 2. The number of aliphatic hydroxyl groups is 1. The van der Waals surface area contributed by atoms with Crippen molar-refractivity contribution in [1.29, 1.82) is 0 Å². The molecule has 0 bridgehead atoms. The summed E-state index contributed by atoms with van der Waals surface area (Å²) < 4.78 is 2.02. The summed E-state index contributed by atoms with van der Waals surface area (Å²) in [7, 11) is 0. The number of tetrazole rings is 1. The number of aliphatic hydroxyl groups excluding tert-OH is 1. The van der Waals surface area contributed by atoms with E-state index in [9.17, 15) is 9.90 Å². The van der Waals surface area contributed by atoms with Crippen LogP contribution < -0.4 is 5.56 Å². The third kappa shape index (κ3) is 5.17. The predicted octanol–water partition coefficient (Wildman–Crippen LogP) is 3.97. The van der Waals surface area contributed by atoms with E-state index >= 15 is 0 Å². The molecule has 178 valence electrons. The molecule has 1 saturated carbocycles. The van der Waals surface area contributed by atoms with E-state index in [2.05, 4.69) is 52.2 Å². The van der Waals surface area contributed by atoms with Crippen LogP contribution in [0.5, 0.6) is 0 Å². The fourth-order valence-corrected chi connectivity index (χ4v) is 5.05. The number of hydrogen-bond acceptors (Lipinski definition) is 6. The van der Waals surface area contributed by atoms with Gasteiger partial charge in [-0.25, -0.2) is 4.68 Å². The minimum atomic E-state index is -0.0645. The Morgan fingerprint density at radius 3 is 2.70 bits per heavy atom. The van der Waals surface area contributed by atoms with Crippen LogP contribution in [0.4, 0.5) is 0 Å². The Kier molecular flexibility index (Phi) is 7.55. The molecular weight excluding hydrogens is 416 g/mol. The molecule has 0 aliphatic heterocycles. The van der Waals surface area contributed by atoms with Crippen molar-refractivity contribution in [1.82, 2.24) is 30.1 Å². The SMILES string of the molecule is CCC[C@H](c1nnnn1C1CCCC1)N(CCCO)Cc1cc2cc(C)c(C)cc2[nH]c1=O. The van der Waals surface area contributed by atoms with Gasteiger partial charge in [-0.15, -0.1) is 5.10 Å². The van der Waals surface area contributed by atoms with Crippen molar-refractivity contribution in [3.05, 3.63) is 51.1 Å². The Balaban J connectivity index is 1.69. The van der Waals surface area contributed by atoms with Crippen molar-refractivity contribution in [2.24, 2.45) is 0 Å². The molecule has 2 N–H and O–H groups in total. The van der Waals surface area contributed by atoms with Gasteiger partial charge in [0, 0.05) is 30.8 Å². The molecule has 0 amide bonds. The van der Waals surface area contributed by atoms with E-state index in [1.54, 1.807) is 0 Å². The van der Waals surface area contributed by atoms with Crippen molar-refractivity contribution >= 4 is 10.9 Å². The average molecular weight is 453 g/mol. The highest BCUT2D eigenvalue weighted by Crippen LogP contribution is 2.33. The van der Waals surface area contributed by atoms with Gasteiger partial charge in [0.05, 0.1) is 12.1 Å². The first kappa shape index (κ1) is 23.6. The zero-order valence-corrected chi connectivity index (χ0v) is 20.0. The molecule has 33 heavy (non-hydrogen) atoms. The van der Waals surface area contributed by atoms with Crippen molar-refractivity contribution < 1.29 is 5.11 Å². The lowest BCUT2D eigenvalue weighted by Crippen LogP contribution is -2.34. The second-order valence-electron chi connectivity index (χ2n) is 9.42. The van der Waals surface area contributed by atoms with Crippen LogP contribution in [0.25, 0.3) is 10.9 Å². The first-order chi connectivity index (χ1) is 16.0. The van der Waals surface area contributed by atoms with E-state index in [-0.39, 0.29) is 18.2 Å².